The molecule has 0 atom stereocenters. The Morgan fingerprint density at radius 3 is 2.47 bits per heavy atom. The summed E-state index contributed by atoms with van der Waals surface area (Å²) < 4.78 is 29.6. The molecule has 0 amide bonds. The number of nitrogens with zero attached hydrogens (tertiary/aromatic N) is 1. The van der Waals surface area contributed by atoms with Crippen LogP contribution in [0.5, 0.6) is 5.75 Å². The summed E-state index contributed by atoms with van der Waals surface area (Å²) >= 11 is 1.14. The summed E-state index contributed by atoms with van der Waals surface area (Å²) in [6.45, 7) is 4.31. The van der Waals surface area contributed by atoms with Gasteiger partial charge in [-0.15, -0.1) is 0 Å². The Labute approximate surface area is 200 Å². The number of thioether (sulfide) groups is 1. The second-order valence-corrected chi connectivity index (χ2v) is 8.14. The van der Waals surface area contributed by atoms with E-state index in [1.165, 1.54) is 12.1 Å². The van der Waals surface area contributed by atoms with Crippen LogP contribution in [0.15, 0.2) is 86.3 Å². The standard InChI is InChI=1S/C26H22FNO5S/c1-3-31-19-11-9-18(10-12-19)28-25-23(26(30)32-4-2)24(29)22(34-25)15-20-13-14-21(33-20)16-5-7-17(27)8-6-16/h5-15,29H,3-4H2,1-2H3/b22-15+,28-25?. The van der Waals surface area contributed by atoms with Crippen LogP contribution in [0.3, 0.4) is 0 Å². The molecule has 1 aromatic heterocycles. The smallest absolute Gasteiger partial charge is 0.344 e. The molecule has 1 N–H and O–H groups in total. The van der Waals surface area contributed by atoms with Gasteiger partial charge in [0.25, 0.3) is 0 Å². The first-order chi connectivity index (χ1) is 16.5. The average molecular weight is 480 g/mol. The van der Waals surface area contributed by atoms with Crippen molar-refractivity contribution in [3.8, 4) is 17.1 Å². The highest BCUT2D eigenvalue weighted by Crippen LogP contribution is 2.40. The Morgan fingerprint density at radius 1 is 1.06 bits per heavy atom. The first-order valence-electron chi connectivity index (χ1n) is 10.7. The number of aliphatic imine (C=N–C) groups is 1. The predicted octanol–water partition coefficient (Wildman–Crippen LogP) is 6.68. The van der Waals surface area contributed by atoms with E-state index in [9.17, 15) is 14.3 Å². The van der Waals surface area contributed by atoms with Crippen LogP contribution in [-0.4, -0.2) is 29.3 Å². The summed E-state index contributed by atoms with van der Waals surface area (Å²) in [6.07, 6.45) is 1.62. The van der Waals surface area contributed by atoms with E-state index in [-0.39, 0.29) is 23.8 Å². The fraction of sp³-hybridized carbons (Fsp3) is 0.154. The maximum Gasteiger partial charge on any atom is 0.344 e. The van der Waals surface area contributed by atoms with Crippen LogP contribution in [0.25, 0.3) is 17.4 Å². The lowest BCUT2D eigenvalue weighted by Gasteiger charge is -2.05. The molecule has 174 valence electrons. The second-order valence-electron chi connectivity index (χ2n) is 7.11. The van der Waals surface area contributed by atoms with Crippen molar-refractivity contribution in [3.05, 3.63) is 88.5 Å². The molecule has 2 aromatic carbocycles. The van der Waals surface area contributed by atoms with Crippen LogP contribution in [0.4, 0.5) is 10.1 Å². The number of ether oxygens (including phenoxy) is 2. The molecular weight excluding hydrogens is 457 g/mol. The van der Waals surface area contributed by atoms with E-state index in [4.69, 9.17) is 13.9 Å². The number of esters is 1. The topological polar surface area (TPSA) is 81.3 Å². The van der Waals surface area contributed by atoms with Gasteiger partial charge in [0.05, 0.1) is 23.8 Å². The van der Waals surface area contributed by atoms with Gasteiger partial charge < -0.3 is 19.0 Å². The molecule has 0 saturated carbocycles. The minimum absolute atomic E-state index is 0.00250. The number of aliphatic hydroxyl groups is 1. The van der Waals surface area contributed by atoms with Gasteiger partial charge in [0.1, 0.15) is 39.5 Å². The zero-order valence-electron chi connectivity index (χ0n) is 18.6. The van der Waals surface area contributed by atoms with Gasteiger partial charge in [0.15, 0.2) is 0 Å². The number of furan rings is 1. The number of aliphatic hydroxyl groups excluding tert-OH is 1. The molecule has 6 nitrogen and oxygen atoms in total. The highest BCUT2D eigenvalue weighted by Gasteiger charge is 2.33. The van der Waals surface area contributed by atoms with Gasteiger partial charge >= 0.3 is 5.97 Å². The number of benzene rings is 2. The fourth-order valence-corrected chi connectivity index (χ4v) is 4.24. The van der Waals surface area contributed by atoms with Crippen molar-refractivity contribution in [1.29, 1.82) is 0 Å². The van der Waals surface area contributed by atoms with Crippen molar-refractivity contribution in [2.45, 2.75) is 13.8 Å². The summed E-state index contributed by atoms with van der Waals surface area (Å²) in [5, 5.41) is 11.1. The van der Waals surface area contributed by atoms with E-state index in [0.29, 0.717) is 39.5 Å². The van der Waals surface area contributed by atoms with Crippen molar-refractivity contribution in [2.24, 2.45) is 4.99 Å². The summed E-state index contributed by atoms with van der Waals surface area (Å²) in [7, 11) is 0. The molecule has 1 aliphatic heterocycles. The van der Waals surface area contributed by atoms with Crippen LogP contribution < -0.4 is 4.74 Å². The zero-order chi connectivity index (χ0) is 24.1. The molecule has 34 heavy (non-hydrogen) atoms. The molecule has 2 heterocycles. The molecule has 0 saturated heterocycles. The minimum Gasteiger partial charge on any atom is -0.506 e. The van der Waals surface area contributed by atoms with Gasteiger partial charge in [-0.05, 0) is 80.6 Å². The van der Waals surface area contributed by atoms with Crippen molar-refractivity contribution < 1.29 is 28.2 Å². The van der Waals surface area contributed by atoms with Crippen molar-refractivity contribution in [2.75, 3.05) is 13.2 Å². The maximum atomic E-state index is 13.2. The quantitative estimate of drug-likeness (QED) is 0.381. The number of hydrogen-bond donors (Lipinski definition) is 1. The predicted molar refractivity (Wildman–Crippen MR) is 131 cm³/mol. The maximum absolute atomic E-state index is 13.2. The van der Waals surface area contributed by atoms with Crippen LogP contribution in [-0.2, 0) is 9.53 Å². The summed E-state index contributed by atoms with van der Waals surface area (Å²) in [5.74, 6) is 0.497. The average Bonchev–Trinajstić information content (AvgIpc) is 3.41. The molecule has 8 heteroatoms. The molecule has 0 aliphatic carbocycles. The van der Waals surface area contributed by atoms with Crippen molar-refractivity contribution >= 4 is 34.5 Å². The van der Waals surface area contributed by atoms with Gasteiger partial charge in [-0.25, -0.2) is 14.2 Å². The highest BCUT2D eigenvalue weighted by atomic mass is 32.2. The number of halogens is 1. The van der Waals surface area contributed by atoms with Gasteiger partial charge in [0.2, 0.25) is 0 Å². The van der Waals surface area contributed by atoms with Gasteiger partial charge in [-0.3, -0.25) is 0 Å². The molecule has 4 rings (SSSR count). The molecule has 0 fully saturated rings. The Bertz CT molecular complexity index is 1270. The monoisotopic (exact) mass is 479 g/mol. The summed E-state index contributed by atoms with van der Waals surface area (Å²) in [5.41, 5.74) is 1.31. The molecule has 0 unspecified atom stereocenters. The molecule has 1 aliphatic rings. The van der Waals surface area contributed by atoms with E-state index < -0.39 is 5.97 Å². The van der Waals surface area contributed by atoms with E-state index in [0.717, 1.165) is 17.3 Å². The SMILES string of the molecule is CCOC(=O)C1=C(O)/C(=C\c2ccc(-c3ccc(F)cc3)o2)SC1=Nc1ccc(OCC)cc1. The first-order valence-corrected chi connectivity index (χ1v) is 11.5. The number of carbonyl (C=O) groups excluding carboxylic acids is 1. The van der Waals surface area contributed by atoms with Crippen LogP contribution in [0, 0.1) is 5.82 Å². The molecule has 0 bridgehead atoms. The lowest BCUT2D eigenvalue weighted by molar-refractivity contribution is -0.138. The third-order valence-electron chi connectivity index (χ3n) is 4.78. The van der Waals surface area contributed by atoms with E-state index in [1.807, 2.05) is 6.92 Å². The fourth-order valence-electron chi connectivity index (χ4n) is 3.22. The van der Waals surface area contributed by atoms with Gasteiger partial charge in [-0.2, -0.15) is 0 Å². The van der Waals surface area contributed by atoms with Crippen LogP contribution >= 0.6 is 11.8 Å². The molecule has 3 aromatic rings. The largest absolute Gasteiger partial charge is 0.506 e. The molecular formula is C26H22FNO5S. The van der Waals surface area contributed by atoms with Crippen molar-refractivity contribution in [3.63, 3.8) is 0 Å². The lowest BCUT2D eigenvalue weighted by Crippen LogP contribution is -2.12. The normalized spacial score (nSPS) is 15.9. The van der Waals surface area contributed by atoms with E-state index in [1.54, 1.807) is 61.5 Å². The highest BCUT2D eigenvalue weighted by molar-refractivity contribution is 8.18. The van der Waals surface area contributed by atoms with Crippen LogP contribution in [0.2, 0.25) is 0 Å². The van der Waals surface area contributed by atoms with Gasteiger partial charge in [0, 0.05) is 5.56 Å². The summed E-state index contributed by atoms with van der Waals surface area (Å²) in [4.78, 5) is 17.5. The Morgan fingerprint density at radius 2 is 1.79 bits per heavy atom. The second kappa shape index (κ2) is 10.4. The third-order valence-corrected chi connectivity index (χ3v) is 5.80. The number of carbonyl (C=O) groups is 1. The number of rotatable bonds is 7. The van der Waals surface area contributed by atoms with E-state index in [2.05, 4.69) is 4.99 Å². The van der Waals surface area contributed by atoms with Crippen LogP contribution in [0.1, 0.15) is 19.6 Å². The zero-order valence-corrected chi connectivity index (χ0v) is 19.4. The third kappa shape index (κ3) is 5.23. The minimum atomic E-state index is -0.660. The first kappa shape index (κ1) is 23.4. The Hall–Kier alpha value is -3.78. The molecule has 0 radical (unpaired) electrons. The van der Waals surface area contributed by atoms with Gasteiger partial charge in [-0.1, -0.05) is 11.8 Å². The Kier molecular flexibility index (Phi) is 7.18. The number of hydrogen-bond acceptors (Lipinski definition) is 7. The van der Waals surface area contributed by atoms with E-state index >= 15 is 0 Å². The Balaban J connectivity index is 1.65. The van der Waals surface area contributed by atoms with Crippen molar-refractivity contribution in [1.82, 2.24) is 0 Å². The lowest BCUT2D eigenvalue weighted by atomic mass is 10.2. The molecule has 0 spiro atoms. The summed E-state index contributed by atoms with van der Waals surface area (Å²) in [6, 6.07) is 16.5.